The van der Waals surface area contributed by atoms with Gasteiger partial charge in [0.05, 0.1) is 6.04 Å². The van der Waals surface area contributed by atoms with E-state index in [2.05, 4.69) is 41.4 Å². The van der Waals surface area contributed by atoms with E-state index in [1.54, 1.807) is 4.90 Å². The Labute approximate surface area is 196 Å². The molecule has 1 aliphatic rings. The van der Waals surface area contributed by atoms with E-state index in [-0.39, 0.29) is 18.7 Å². The number of nitrogens with zero attached hydrogens (tertiary/aromatic N) is 2. The molecule has 172 valence electrons. The van der Waals surface area contributed by atoms with Crippen LogP contribution < -0.4 is 0 Å². The van der Waals surface area contributed by atoms with Crippen LogP contribution in [0.2, 0.25) is 0 Å². The fraction of sp³-hybridized carbons (Fsp3) is 0.357. The predicted molar refractivity (Wildman–Crippen MR) is 130 cm³/mol. The first-order valence-corrected chi connectivity index (χ1v) is 11.6. The lowest BCUT2D eigenvalue weighted by Crippen LogP contribution is -2.48. The van der Waals surface area contributed by atoms with E-state index in [1.807, 2.05) is 51.1 Å². The number of aliphatic hydroxyl groups excluding tert-OH is 1. The monoisotopic (exact) mass is 444 g/mol. The standard InChI is InChI=1S/C28H32N2O3/c1-20-18-25(19-21(2)29-20)24-12-10-23(11-13-24)22(3)30-16-15-28(14-7-17-31,33-27(30)32)26-8-5-4-6-9-26/h4-6,8-13,18-19,22,31H,7,14-17H2,1-3H3/t22-,28?/m0/s1. The van der Waals surface area contributed by atoms with Gasteiger partial charge in [0.25, 0.3) is 0 Å². The van der Waals surface area contributed by atoms with Gasteiger partial charge in [-0.05, 0) is 68.0 Å². The number of benzene rings is 2. The minimum atomic E-state index is -0.682. The molecule has 1 aliphatic heterocycles. The predicted octanol–water partition coefficient (Wildman–Crippen LogP) is 5.94. The Morgan fingerprint density at radius 1 is 1.03 bits per heavy atom. The average molecular weight is 445 g/mol. The molecular weight excluding hydrogens is 412 g/mol. The highest BCUT2D eigenvalue weighted by Gasteiger charge is 2.43. The summed E-state index contributed by atoms with van der Waals surface area (Å²) in [6.45, 7) is 6.73. The molecular formula is C28H32N2O3. The average Bonchev–Trinajstić information content (AvgIpc) is 2.82. The first kappa shape index (κ1) is 23.0. The van der Waals surface area contributed by atoms with Gasteiger partial charge in [-0.3, -0.25) is 4.98 Å². The molecule has 0 radical (unpaired) electrons. The van der Waals surface area contributed by atoms with E-state index in [0.717, 1.165) is 33.6 Å². The van der Waals surface area contributed by atoms with Crippen LogP contribution in [0.4, 0.5) is 4.79 Å². The second-order valence-electron chi connectivity index (χ2n) is 8.94. The summed E-state index contributed by atoms with van der Waals surface area (Å²) in [4.78, 5) is 19.4. The summed E-state index contributed by atoms with van der Waals surface area (Å²) in [7, 11) is 0. The number of pyridine rings is 1. The van der Waals surface area contributed by atoms with E-state index in [9.17, 15) is 9.90 Å². The summed E-state index contributed by atoms with van der Waals surface area (Å²) in [6.07, 6.45) is 1.59. The first-order chi connectivity index (χ1) is 15.9. The number of aromatic nitrogens is 1. The van der Waals surface area contributed by atoms with Crippen molar-refractivity contribution in [3.05, 3.63) is 89.2 Å². The highest BCUT2D eigenvalue weighted by Crippen LogP contribution is 2.40. The zero-order valence-electron chi connectivity index (χ0n) is 19.6. The van der Waals surface area contributed by atoms with Crippen LogP contribution in [0.3, 0.4) is 0 Å². The normalized spacial score (nSPS) is 19.3. The van der Waals surface area contributed by atoms with Crippen LogP contribution in [0.25, 0.3) is 11.1 Å². The van der Waals surface area contributed by atoms with Crippen molar-refractivity contribution >= 4 is 6.09 Å². The van der Waals surface area contributed by atoms with Crippen molar-refractivity contribution in [2.75, 3.05) is 13.2 Å². The van der Waals surface area contributed by atoms with Crippen LogP contribution >= 0.6 is 0 Å². The lowest BCUT2D eigenvalue weighted by molar-refractivity contribution is -0.0680. The molecule has 2 aromatic carbocycles. The van der Waals surface area contributed by atoms with Crippen molar-refractivity contribution in [1.29, 1.82) is 0 Å². The molecule has 5 heteroatoms. The van der Waals surface area contributed by atoms with Crippen molar-refractivity contribution in [2.45, 2.75) is 51.7 Å². The maximum Gasteiger partial charge on any atom is 0.411 e. The molecule has 1 amide bonds. The van der Waals surface area contributed by atoms with Gasteiger partial charge in [-0.25, -0.2) is 4.79 Å². The molecule has 33 heavy (non-hydrogen) atoms. The molecule has 0 spiro atoms. The first-order valence-electron chi connectivity index (χ1n) is 11.6. The van der Waals surface area contributed by atoms with Crippen LogP contribution in [0.15, 0.2) is 66.7 Å². The summed E-state index contributed by atoms with van der Waals surface area (Å²) in [5, 5.41) is 9.39. The fourth-order valence-electron chi connectivity index (χ4n) is 4.79. The summed E-state index contributed by atoms with van der Waals surface area (Å²) < 4.78 is 6.11. The maximum absolute atomic E-state index is 13.2. The Hall–Kier alpha value is -3.18. The van der Waals surface area contributed by atoms with Crippen LogP contribution in [0.1, 0.15) is 54.7 Å². The lowest BCUT2D eigenvalue weighted by atomic mass is 9.84. The number of hydrogen-bond acceptors (Lipinski definition) is 4. The molecule has 0 aliphatic carbocycles. The Kier molecular flexibility index (Phi) is 6.80. The molecule has 2 heterocycles. The number of ether oxygens (including phenoxy) is 1. The van der Waals surface area contributed by atoms with Crippen LogP contribution in [0, 0.1) is 13.8 Å². The maximum atomic E-state index is 13.2. The van der Waals surface area contributed by atoms with Crippen molar-refractivity contribution in [3.63, 3.8) is 0 Å². The van der Waals surface area contributed by atoms with E-state index >= 15 is 0 Å². The smallest absolute Gasteiger partial charge is 0.411 e. The molecule has 1 aromatic heterocycles. The zero-order valence-corrected chi connectivity index (χ0v) is 19.6. The molecule has 0 saturated carbocycles. The van der Waals surface area contributed by atoms with Crippen LogP contribution in [-0.2, 0) is 10.3 Å². The van der Waals surface area contributed by atoms with Crippen molar-refractivity contribution in [2.24, 2.45) is 0 Å². The van der Waals surface area contributed by atoms with Crippen molar-refractivity contribution in [1.82, 2.24) is 9.88 Å². The highest BCUT2D eigenvalue weighted by atomic mass is 16.6. The molecule has 4 rings (SSSR count). The topological polar surface area (TPSA) is 62.7 Å². The molecule has 1 fully saturated rings. The molecule has 1 N–H and O–H groups in total. The number of aliphatic hydroxyl groups is 1. The summed E-state index contributed by atoms with van der Waals surface area (Å²) in [6, 6.07) is 22.3. The SMILES string of the molecule is Cc1cc(-c2ccc([C@H](C)N3CCC(CCCO)(c4ccccc4)OC3=O)cc2)cc(C)n1. The number of carbonyl (C=O) groups excluding carboxylic acids is 1. The largest absolute Gasteiger partial charge is 0.438 e. The quantitative estimate of drug-likeness (QED) is 0.490. The zero-order chi connectivity index (χ0) is 23.4. The second kappa shape index (κ2) is 9.75. The van der Waals surface area contributed by atoms with Gasteiger partial charge in [0.15, 0.2) is 0 Å². The minimum absolute atomic E-state index is 0.0785. The fourth-order valence-corrected chi connectivity index (χ4v) is 4.79. The Balaban J connectivity index is 1.51. The Bertz CT molecular complexity index is 1080. The van der Waals surface area contributed by atoms with Gasteiger partial charge in [-0.15, -0.1) is 0 Å². The Morgan fingerprint density at radius 2 is 1.70 bits per heavy atom. The number of aryl methyl sites for hydroxylation is 2. The number of rotatable bonds is 7. The number of carbonyl (C=O) groups is 1. The third-order valence-corrected chi connectivity index (χ3v) is 6.59. The van der Waals surface area contributed by atoms with Gasteiger partial charge in [0.1, 0.15) is 5.60 Å². The number of cyclic esters (lactones) is 1. The molecule has 1 saturated heterocycles. The Morgan fingerprint density at radius 3 is 2.30 bits per heavy atom. The number of amides is 1. The third-order valence-electron chi connectivity index (χ3n) is 6.59. The van der Waals surface area contributed by atoms with Crippen molar-refractivity contribution in [3.8, 4) is 11.1 Å². The van der Waals surface area contributed by atoms with Crippen LogP contribution in [0.5, 0.6) is 0 Å². The molecule has 0 bridgehead atoms. The summed E-state index contributed by atoms with van der Waals surface area (Å²) >= 11 is 0. The van der Waals surface area contributed by atoms with Gasteiger partial charge < -0.3 is 14.7 Å². The summed E-state index contributed by atoms with van der Waals surface area (Å²) in [5.41, 5.74) is 5.66. The van der Waals surface area contributed by atoms with Gasteiger partial charge in [-0.2, -0.15) is 0 Å². The van der Waals surface area contributed by atoms with Gasteiger partial charge in [0, 0.05) is 31.0 Å². The highest BCUT2D eigenvalue weighted by molar-refractivity contribution is 5.70. The van der Waals surface area contributed by atoms with Crippen LogP contribution in [-0.4, -0.2) is 34.2 Å². The van der Waals surface area contributed by atoms with Gasteiger partial charge in [-0.1, -0.05) is 54.6 Å². The lowest BCUT2D eigenvalue weighted by Gasteiger charge is -2.43. The minimum Gasteiger partial charge on any atom is -0.438 e. The van der Waals surface area contributed by atoms with E-state index in [4.69, 9.17) is 4.74 Å². The number of hydrogen-bond donors (Lipinski definition) is 1. The second-order valence-corrected chi connectivity index (χ2v) is 8.94. The molecule has 5 nitrogen and oxygen atoms in total. The van der Waals surface area contributed by atoms with Gasteiger partial charge in [0.2, 0.25) is 0 Å². The molecule has 3 aromatic rings. The van der Waals surface area contributed by atoms with Crippen molar-refractivity contribution < 1.29 is 14.6 Å². The van der Waals surface area contributed by atoms with Gasteiger partial charge >= 0.3 is 6.09 Å². The third kappa shape index (κ3) is 4.93. The molecule has 2 atom stereocenters. The van der Waals surface area contributed by atoms with E-state index in [1.165, 1.54) is 0 Å². The van der Waals surface area contributed by atoms with E-state index in [0.29, 0.717) is 25.8 Å². The molecule has 1 unspecified atom stereocenters. The summed E-state index contributed by atoms with van der Waals surface area (Å²) in [5.74, 6) is 0. The van der Waals surface area contributed by atoms with E-state index < -0.39 is 5.60 Å².